The van der Waals surface area contributed by atoms with E-state index in [1.54, 1.807) is 18.0 Å². The van der Waals surface area contributed by atoms with E-state index in [0.717, 1.165) is 16.0 Å². The number of nitrogens with two attached hydrogens (primary N) is 1. The van der Waals surface area contributed by atoms with Crippen LogP contribution in [0.5, 0.6) is 0 Å². The van der Waals surface area contributed by atoms with Crippen LogP contribution >= 0.6 is 0 Å². The van der Waals surface area contributed by atoms with Crippen LogP contribution in [0.1, 0.15) is 22.7 Å². The number of hydrogen-bond acceptors (Lipinski definition) is 6. The fraction of sp³-hybridized carbons (Fsp3) is 0.227. The first-order valence-corrected chi connectivity index (χ1v) is 9.78. The minimum absolute atomic E-state index is 0.131. The number of benzene rings is 2. The number of anilines is 1. The highest BCUT2D eigenvalue weighted by Crippen LogP contribution is 2.53. The number of nitro benzene ring substituents is 1. The summed E-state index contributed by atoms with van der Waals surface area (Å²) in [7, 11) is 0. The number of carbonyl (C=O) groups excluding carboxylic acids is 3. The first kappa shape index (κ1) is 19.0. The molecular weight excluding hydrogens is 400 g/mol. The van der Waals surface area contributed by atoms with Crippen molar-refractivity contribution in [3.8, 4) is 0 Å². The zero-order valence-corrected chi connectivity index (χ0v) is 16.5. The molecule has 3 amide bonds. The van der Waals surface area contributed by atoms with E-state index in [0.29, 0.717) is 5.56 Å². The molecule has 0 aliphatic carbocycles. The first-order chi connectivity index (χ1) is 14.8. The summed E-state index contributed by atoms with van der Waals surface area (Å²) in [6, 6.07) is 10.0. The standard InChI is InChI=1S/C22H18N4O5/c1-11-10-13(26(30)31)6-7-15(11)25-21(28)16-17(22(25)29)19(20(23)27)24-9-8-12-4-2-3-5-14(12)18(16)24/h2-10,16-19H,1H3,(H2,23,27)/t16-,17-,18+,19+/m1/s1. The van der Waals surface area contributed by atoms with Crippen molar-refractivity contribution < 1.29 is 19.3 Å². The molecule has 4 atom stereocenters. The normalized spacial score (nSPS) is 26.0. The lowest BCUT2D eigenvalue weighted by Gasteiger charge is -2.34. The topological polar surface area (TPSA) is 127 Å². The van der Waals surface area contributed by atoms with Gasteiger partial charge in [-0.05, 0) is 35.8 Å². The molecule has 31 heavy (non-hydrogen) atoms. The van der Waals surface area contributed by atoms with Gasteiger partial charge in [0.2, 0.25) is 17.7 Å². The number of rotatable bonds is 3. The molecular formula is C22H18N4O5. The lowest BCUT2D eigenvalue weighted by atomic mass is 9.84. The lowest BCUT2D eigenvalue weighted by Crippen LogP contribution is -2.47. The zero-order chi connectivity index (χ0) is 22.0. The quantitative estimate of drug-likeness (QED) is 0.461. The summed E-state index contributed by atoms with van der Waals surface area (Å²) in [5.74, 6) is -3.34. The summed E-state index contributed by atoms with van der Waals surface area (Å²) in [5.41, 5.74) is 8.03. The average molecular weight is 418 g/mol. The molecule has 2 fully saturated rings. The largest absolute Gasteiger partial charge is 0.368 e. The molecule has 0 radical (unpaired) electrons. The van der Waals surface area contributed by atoms with Gasteiger partial charge >= 0.3 is 0 Å². The van der Waals surface area contributed by atoms with Gasteiger partial charge in [0.15, 0.2) is 0 Å². The van der Waals surface area contributed by atoms with E-state index in [9.17, 15) is 24.5 Å². The maximum atomic E-state index is 13.6. The number of primary amides is 1. The molecule has 2 N–H and O–H groups in total. The first-order valence-electron chi connectivity index (χ1n) is 9.78. The summed E-state index contributed by atoms with van der Waals surface area (Å²) >= 11 is 0. The fourth-order valence-corrected chi connectivity index (χ4v) is 5.12. The molecule has 2 aromatic rings. The second-order valence-corrected chi connectivity index (χ2v) is 7.98. The molecule has 0 aromatic heterocycles. The average Bonchev–Trinajstić information content (AvgIpc) is 3.21. The van der Waals surface area contributed by atoms with Gasteiger partial charge in [0.05, 0.1) is 28.5 Å². The molecule has 0 saturated carbocycles. The Labute approximate surface area is 176 Å². The summed E-state index contributed by atoms with van der Waals surface area (Å²) < 4.78 is 0. The maximum absolute atomic E-state index is 13.6. The molecule has 3 heterocycles. The van der Waals surface area contributed by atoms with E-state index in [1.165, 1.54) is 18.2 Å². The summed E-state index contributed by atoms with van der Waals surface area (Å²) in [6.45, 7) is 1.60. The van der Waals surface area contributed by atoms with Gasteiger partial charge in [0, 0.05) is 18.3 Å². The zero-order valence-electron chi connectivity index (χ0n) is 16.5. The molecule has 2 aromatic carbocycles. The Morgan fingerprint density at radius 3 is 2.48 bits per heavy atom. The Kier molecular flexibility index (Phi) is 3.98. The van der Waals surface area contributed by atoms with Crippen molar-refractivity contribution in [3.63, 3.8) is 0 Å². The maximum Gasteiger partial charge on any atom is 0.269 e. The minimum atomic E-state index is -0.959. The van der Waals surface area contributed by atoms with Crippen molar-refractivity contribution in [3.05, 3.63) is 75.5 Å². The third kappa shape index (κ3) is 2.52. The van der Waals surface area contributed by atoms with E-state index < -0.39 is 46.6 Å². The number of non-ortho nitro benzene ring substituents is 1. The number of carbonyl (C=O) groups is 3. The van der Waals surface area contributed by atoms with Crippen LogP contribution < -0.4 is 10.6 Å². The van der Waals surface area contributed by atoms with Gasteiger partial charge in [0.25, 0.3) is 5.69 Å². The number of nitro groups is 1. The Hall–Kier alpha value is -4.01. The molecule has 2 saturated heterocycles. The highest BCUT2D eigenvalue weighted by molar-refractivity contribution is 6.24. The Morgan fingerprint density at radius 2 is 1.81 bits per heavy atom. The Balaban J connectivity index is 1.63. The van der Waals surface area contributed by atoms with Crippen LogP contribution in [-0.2, 0) is 14.4 Å². The van der Waals surface area contributed by atoms with Crippen LogP contribution in [-0.4, -0.2) is 33.6 Å². The van der Waals surface area contributed by atoms with Gasteiger partial charge in [-0.2, -0.15) is 0 Å². The van der Waals surface area contributed by atoms with Crippen molar-refractivity contribution in [2.75, 3.05) is 4.90 Å². The molecule has 0 unspecified atom stereocenters. The van der Waals surface area contributed by atoms with Gasteiger partial charge in [0.1, 0.15) is 6.04 Å². The second-order valence-electron chi connectivity index (χ2n) is 7.98. The van der Waals surface area contributed by atoms with E-state index in [1.807, 2.05) is 30.3 Å². The van der Waals surface area contributed by atoms with Crippen molar-refractivity contribution in [1.29, 1.82) is 0 Å². The van der Waals surface area contributed by atoms with E-state index >= 15 is 0 Å². The van der Waals surface area contributed by atoms with Crippen LogP contribution in [0.15, 0.2) is 48.7 Å². The number of imide groups is 1. The van der Waals surface area contributed by atoms with Crippen molar-refractivity contribution in [1.82, 2.24) is 4.90 Å². The van der Waals surface area contributed by atoms with E-state index in [4.69, 9.17) is 5.73 Å². The summed E-state index contributed by atoms with van der Waals surface area (Å²) in [4.78, 5) is 52.7. The monoisotopic (exact) mass is 418 g/mol. The van der Waals surface area contributed by atoms with Crippen LogP contribution in [0, 0.1) is 28.9 Å². The Bertz CT molecular complexity index is 1210. The molecule has 9 nitrogen and oxygen atoms in total. The van der Waals surface area contributed by atoms with Crippen LogP contribution in [0.4, 0.5) is 11.4 Å². The molecule has 5 rings (SSSR count). The second kappa shape index (κ2) is 6.49. The predicted octanol–water partition coefficient (Wildman–Crippen LogP) is 1.90. The third-order valence-corrected chi connectivity index (χ3v) is 6.39. The molecule has 156 valence electrons. The van der Waals surface area contributed by atoms with E-state index in [2.05, 4.69) is 0 Å². The van der Waals surface area contributed by atoms with Gasteiger partial charge in [-0.1, -0.05) is 24.3 Å². The number of aryl methyl sites for hydroxylation is 1. The number of amides is 3. The number of hydrogen-bond donors (Lipinski definition) is 1. The van der Waals surface area contributed by atoms with Gasteiger partial charge < -0.3 is 10.6 Å². The highest BCUT2D eigenvalue weighted by Gasteiger charge is 2.64. The fourth-order valence-electron chi connectivity index (χ4n) is 5.12. The number of fused-ring (bicyclic) bond motifs is 5. The molecule has 3 aliphatic heterocycles. The molecule has 0 spiro atoms. The van der Waals surface area contributed by atoms with Crippen LogP contribution in [0.2, 0.25) is 0 Å². The third-order valence-electron chi connectivity index (χ3n) is 6.39. The SMILES string of the molecule is Cc1cc([N+](=O)[O-])ccc1N1C(=O)[C@@H]2[C@@H](C1=O)[C@@H]1c3ccccc3C=CN1[C@@H]2C(N)=O. The molecule has 0 bridgehead atoms. The lowest BCUT2D eigenvalue weighted by molar-refractivity contribution is -0.384. The summed E-state index contributed by atoms with van der Waals surface area (Å²) in [5, 5.41) is 11.1. The predicted molar refractivity (Wildman–Crippen MR) is 110 cm³/mol. The molecule has 9 heteroatoms. The Morgan fingerprint density at radius 1 is 1.10 bits per heavy atom. The van der Waals surface area contributed by atoms with Crippen molar-refractivity contribution in [2.45, 2.75) is 19.0 Å². The minimum Gasteiger partial charge on any atom is -0.368 e. The highest BCUT2D eigenvalue weighted by atomic mass is 16.6. The van der Waals surface area contributed by atoms with Gasteiger partial charge in [-0.15, -0.1) is 0 Å². The van der Waals surface area contributed by atoms with Crippen molar-refractivity contribution in [2.24, 2.45) is 17.6 Å². The smallest absolute Gasteiger partial charge is 0.269 e. The number of nitrogens with zero attached hydrogens (tertiary/aromatic N) is 3. The van der Waals surface area contributed by atoms with E-state index in [-0.39, 0.29) is 11.4 Å². The summed E-state index contributed by atoms with van der Waals surface area (Å²) in [6.07, 6.45) is 3.57. The molecule has 3 aliphatic rings. The van der Waals surface area contributed by atoms with Gasteiger partial charge in [-0.25, -0.2) is 4.90 Å². The van der Waals surface area contributed by atoms with Gasteiger partial charge in [-0.3, -0.25) is 24.5 Å². The van der Waals surface area contributed by atoms with Crippen molar-refractivity contribution >= 4 is 35.2 Å². The van der Waals surface area contributed by atoms with Crippen LogP contribution in [0.25, 0.3) is 6.08 Å². The van der Waals surface area contributed by atoms with Crippen LogP contribution in [0.3, 0.4) is 0 Å².